The SMILES string of the molecule is Cc1cccc(C(=O)C2COCC2N)c1. The minimum absolute atomic E-state index is 0.101. The Morgan fingerprint density at radius 3 is 2.87 bits per heavy atom. The van der Waals surface area contributed by atoms with E-state index in [2.05, 4.69) is 0 Å². The number of carbonyl (C=O) groups is 1. The van der Waals surface area contributed by atoms with Crippen molar-refractivity contribution in [1.82, 2.24) is 0 Å². The van der Waals surface area contributed by atoms with Crippen molar-refractivity contribution in [3.05, 3.63) is 35.4 Å². The van der Waals surface area contributed by atoms with E-state index in [1.807, 2.05) is 31.2 Å². The molecule has 0 aliphatic carbocycles. The maximum absolute atomic E-state index is 12.0. The van der Waals surface area contributed by atoms with Gasteiger partial charge in [-0.15, -0.1) is 0 Å². The molecule has 3 heteroatoms. The molecular weight excluding hydrogens is 190 g/mol. The first kappa shape index (κ1) is 10.3. The van der Waals surface area contributed by atoms with Crippen molar-refractivity contribution in [2.45, 2.75) is 13.0 Å². The van der Waals surface area contributed by atoms with Gasteiger partial charge in [0.2, 0.25) is 0 Å². The minimum Gasteiger partial charge on any atom is -0.379 e. The molecule has 0 amide bonds. The molecule has 2 rings (SSSR count). The summed E-state index contributed by atoms with van der Waals surface area (Å²) in [6.07, 6.45) is 0. The zero-order chi connectivity index (χ0) is 10.8. The topological polar surface area (TPSA) is 52.3 Å². The van der Waals surface area contributed by atoms with E-state index >= 15 is 0 Å². The summed E-state index contributed by atoms with van der Waals surface area (Å²) in [5.74, 6) is -0.0736. The van der Waals surface area contributed by atoms with Crippen LogP contribution in [0.15, 0.2) is 24.3 Å². The molecular formula is C12H15NO2. The zero-order valence-corrected chi connectivity index (χ0v) is 8.77. The summed E-state index contributed by atoms with van der Waals surface area (Å²) < 4.78 is 5.20. The number of hydrogen-bond acceptors (Lipinski definition) is 3. The van der Waals surface area contributed by atoms with E-state index in [9.17, 15) is 4.79 Å². The summed E-state index contributed by atoms with van der Waals surface area (Å²) in [6, 6.07) is 7.44. The molecule has 0 radical (unpaired) electrons. The number of ether oxygens (including phenoxy) is 1. The number of rotatable bonds is 2. The number of nitrogens with two attached hydrogens (primary N) is 1. The lowest BCUT2D eigenvalue weighted by molar-refractivity contribution is 0.0896. The minimum atomic E-state index is -0.174. The van der Waals surface area contributed by atoms with E-state index in [1.165, 1.54) is 0 Å². The first-order valence-corrected chi connectivity index (χ1v) is 5.12. The normalized spacial score (nSPS) is 25.5. The number of ketones is 1. The summed E-state index contributed by atoms with van der Waals surface area (Å²) in [7, 11) is 0. The molecule has 1 saturated heterocycles. The van der Waals surface area contributed by atoms with E-state index in [-0.39, 0.29) is 17.7 Å². The molecule has 3 nitrogen and oxygen atoms in total. The maximum atomic E-state index is 12.0. The monoisotopic (exact) mass is 205 g/mol. The van der Waals surface area contributed by atoms with Crippen LogP contribution in [0.25, 0.3) is 0 Å². The second-order valence-corrected chi connectivity index (χ2v) is 4.04. The highest BCUT2D eigenvalue weighted by Crippen LogP contribution is 2.18. The van der Waals surface area contributed by atoms with Crippen molar-refractivity contribution in [1.29, 1.82) is 0 Å². The fraction of sp³-hybridized carbons (Fsp3) is 0.417. The molecule has 0 saturated carbocycles. The van der Waals surface area contributed by atoms with E-state index in [0.717, 1.165) is 11.1 Å². The molecule has 0 spiro atoms. The number of hydrogen-bond donors (Lipinski definition) is 1. The third kappa shape index (κ3) is 2.08. The Balaban J connectivity index is 2.20. The third-order valence-corrected chi connectivity index (χ3v) is 2.76. The zero-order valence-electron chi connectivity index (χ0n) is 8.77. The molecule has 1 aromatic carbocycles. The second kappa shape index (κ2) is 4.13. The number of Topliss-reactive ketones (excluding diaryl/α,β-unsaturated/α-hetero) is 1. The van der Waals surface area contributed by atoms with Crippen molar-refractivity contribution < 1.29 is 9.53 Å². The van der Waals surface area contributed by atoms with E-state index < -0.39 is 0 Å². The van der Waals surface area contributed by atoms with Crippen LogP contribution in [0.4, 0.5) is 0 Å². The Hall–Kier alpha value is -1.19. The standard InChI is InChI=1S/C12H15NO2/c1-8-3-2-4-9(5-8)12(14)10-6-15-7-11(10)13/h2-5,10-11H,6-7,13H2,1H3. The quantitative estimate of drug-likeness (QED) is 0.737. The van der Waals surface area contributed by atoms with E-state index in [1.54, 1.807) is 0 Å². The number of carbonyl (C=O) groups excluding carboxylic acids is 1. The summed E-state index contributed by atoms with van der Waals surface area (Å²) in [5, 5.41) is 0. The summed E-state index contributed by atoms with van der Waals surface area (Å²) in [4.78, 5) is 12.0. The molecule has 2 atom stereocenters. The van der Waals surface area contributed by atoms with Crippen LogP contribution in [0.5, 0.6) is 0 Å². The average molecular weight is 205 g/mol. The molecule has 1 fully saturated rings. The second-order valence-electron chi connectivity index (χ2n) is 4.04. The van der Waals surface area contributed by atoms with Gasteiger partial charge in [0, 0.05) is 11.6 Å². The van der Waals surface area contributed by atoms with Crippen LogP contribution >= 0.6 is 0 Å². The largest absolute Gasteiger partial charge is 0.379 e. The third-order valence-electron chi connectivity index (χ3n) is 2.76. The number of aryl methyl sites for hydroxylation is 1. The summed E-state index contributed by atoms with van der Waals surface area (Å²) in [5.41, 5.74) is 7.64. The smallest absolute Gasteiger partial charge is 0.169 e. The predicted octanol–water partition coefficient (Wildman–Crippen LogP) is 1.15. The van der Waals surface area contributed by atoms with Crippen LogP contribution in [-0.4, -0.2) is 25.0 Å². The summed E-state index contributed by atoms with van der Waals surface area (Å²) >= 11 is 0. The molecule has 1 aliphatic rings. The van der Waals surface area contributed by atoms with E-state index in [0.29, 0.717) is 13.2 Å². The molecule has 0 aromatic heterocycles. The molecule has 0 bridgehead atoms. The van der Waals surface area contributed by atoms with Crippen LogP contribution < -0.4 is 5.73 Å². The molecule has 1 aromatic rings. The fourth-order valence-corrected chi connectivity index (χ4v) is 1.85. The van der Waals surface area contributed by atoms with Gasteiger partial charge in [0.1, 0.15) is 0 Å². The maximum Gasteiger partial charge on any atom is 0.169 e. The van der Waals surface area contributed by atoms with Crippen LogP contribution in [0, 0.1) is 12.8 Å². The van der Waals surface area contributed by atoms with Gasteiger partial charge in [0.15, 0.2) is 5.78 Å². The summed E-state index contributed by atoms with van der Waals surface area (Å²) in [6.45, 7) is 2.91. The van der Waals surface area contributed by atoms with Crippen molar-refractivity contribution in [3.8, 4) is 0 Å². The average Bonchev–Trinajstić information content (AvgIpc) is 2.63. The van der Waals surface area contributed by atoms with Crippen molar-refractivity contribution in [3.63, 3.8) is 0 Å². The lowest BCUT2D eigenvalue weighted by atomic mass is 9.93. The van der Waals surface area contributed by atoms with Gasteiger partial charge in [0.05, 0.1) is 19.1 Å². The first-order valence-electron chi connectivity index (χ1n) is 5.12. The molecule has 2 unspecified atom stereocenters. The Bertz CT molecular complexity index is 376. The Kier molecular flexibility index (Phi) is 2.84. The lowest BCUT2D eigenvalue weighted by Gasteiger charge is -2.11. The van der Waals surface area contributed by atoms with Crippen LogP contribution in [0.3, 0.4) is 0 Å². The van der Waals surface area contributed by atoms with Gasteiger partial charge in [-0.1, -0.05) is 23.8 Å². The molecule has 15 heavy (non-hydrogen) atoms. The molecule has 80 valence electrons. The van der Waals surface area contributed by atoms with Gasteiger partial charge in [-0.25, -0.2) is 0 Å². The van der Waals surface area contributed by atoms with Gasteiger partial charge in [0.25, 0.3) is 0 Å². The highest BCUT2D eigenvalue weighted by atomic mass is 16.5. The first-order chi connectivity index (χ1) is 7.18. The van der Waals surface area contributed by atoms with Crippen molar-refractivity contribution in [2.24, 2.45) is 11.7 Å². The van der Waals surface area contributed by atoms with Crippen LogP contribution in [-0.2, 0) is 4.74 Å². The Morgan fingerprint density at radius 2 is 2.27 bits per heavy atom. The van der Waals surface area contributed by atoms with Gasteiger partial charge in [-0.05, 0) is 13.0 Å². The predicted molar refractivity (Wildman–Crippen MR) is 57.8 cm³/mol. The molecule has 1 heterocycles. The van der Waals surface area contributed by atoms with Gasteiger partial charge >= 0.3 is 0 Å². The lowest BCUT2D eigenvalue weighted by Crippen LogP contribution is -2.34. The van der Waals surface area contributed by atoms with E-state index in [4.69, 9.17) is 10.5 Å². The Labute approximate surface area is 89.2 Å². The van der Waals surface area contributed by atoms with Gasteiger partial charge < -0.3 is 10.5 Å². The molecule has 1 aliphatic heterocycles. The van der Waals surface area contributed by atoms with Gasteiger partial charge in [-0.3, -0.25) is 4.79 Å². The van der Waals surface area contributed by atoms with Gasteiger partial charge in [-0.2, -0.15) is 0 Å². The van der Waals surface area contributed by atoms with Crippen molar-refractivity contribution >= 4 is 5.78 Å². The highest BCUT2D eigenvalue weighted by molar-refractivity contribution is 5.98. The van der Waals surface area contributed by atoms with Crippen LogP contribution in [0.1, 0.15) is 15.9 Å². The molecule has 2 N–H and O–H groups in total. The highest BCUT2D eigenvalue weighted by Gasteiger charge is 2.31. The Morgan fingerprint density at radius 1 is 1.47 bits per heavy atom. The number of benzene rings is 1. The van der Waals surface area contributed by atoms with Crippen LogP contribution in [0.2, 0.25) is 0 Å². The fourth-order valence-electron chi connectivity index (χ4n) is 1.85. The van der Waals surface area contributed by atoms with Crippen molar-refractivity contribution in [2.75, 3.05) is 13.2 Å².